The first kappa shape index (κ1) is 32.3. The standard InChI is InChI=1S/2FH.La.Nd/h2*1H;;. The Kier molecular flexibility index (Phi) is 147. The van der Waals surface area contributed by atoms with Crippen LogP contribution in [0.4, 0.5) is 9.41 Å². The number of hydrogen-bond donors (Lipinski definition) is 0. The Labute approximate surface area is 84.0 Å². The van der Waals surface area contributed by atoms with E-state index in [1.807, 2.05) is 0 Å². The zero-order valence-electron chi connectivity index (χ0n) is 1.89. The third-order valence-corrected chi connectivity index (χ3v) is 0. The molecule has 0 unspecified atom stereocenters. The first-order chi connectivity index (χ1) is 0. The summed E-state index contributed by atoms with van der Waals surface area (Å²) in [6, 6.07) is 0. The Hall–Kier alpha value is 2.41. The van der Waals surface area contributed by atoms with Gasteiger partial charge < -0.3 is 0 Å². The monoisotopic (exact) mass is 321 g/mol. The average molecular weight is 323 g/mol. The summed E-state index contributed by atoms with van der Waals surface area (Å²) in [5.41, 5.74) is 0. The summed E-state index contributed by atoms with van der Waals surface area (Å²) in [5.74, 6) is 0. The molecule has 0 aromatic carbocycles. The molecule has 4 heteroatoms. The molecule has 0 aromatic heterocycles. The molecule has 0 aliphatic carbocycles. The zero-order chi connectivity index (χ0) is 0. The van der Waals surface area contributed by atoms with Gasteiger partial charge in [-0.25, -0.2) is 0 Å². The summed E-state index contributed by atoms with van der Waals surface area (Å²) in [6.45, 7) is 0. The van der Waals surface area contributed by atoms with Crippen molar-refractivity contribution in [1.29, 1.82) is 0 Å². The van der Waals surface area contributed by atoms with Gasteiger partial charge in [0.1, 0.15) is 0 Å². The van der Waals surface area contributed by atoms with Crippen LogP contribution in [0.2, 0.25) is 0 Å². The van der Waals surface area contributed by atoms with Crippen molar-refractivity contribution in [2.24, 2.45) is 0 Å². The number of halogens is 2. The molecule has 0 bridgehead atoms. The Bertz CT molecular complexity index is 6.00. The van der Waals surface area contributed by atoms with Gasteiger partial charge in [-0.3, -0.25) is 9.41 Å². The second kappa shape index (κ2) is 18.1. The molecule has 0 saturated carbocycles. The molecule has 0 spiro atoms. The summed E-state index contributed by atoms with van der Waals surface area (Å²) < 4.78 is 0. The van der Waals surface area contributed by atoms with Crippen LogP contribution in [0.1, 0.15) is 0 Å². The smallest absolute Gasteiger partial charge is 0 e. The molecule has 0 atom stereocenters. The first-order valence-electron chi connectivity index (χ1n) is 0. The van der Waals surface area contributed by atoms with Gasteiger partial charge in [-0.15, -0.1) is 0 Å². The first-order valence-corrected chi connectivity index (χ1v) is 0. The van der Waals surface area contributed by atoms with Crippen LogP contribution in [0.25, 0.3) is 0 Å². The van der Waals surface area contributed by atoms with E-state index in [1.165, 1.54) is 0 Å². The van der Waals surface area contributed by atoms with Crippen LogP contribution < -0.4 is 0 Å². The van der Waals surface area contributed by atoms with Crippen molar-refractivity contribution in [2.75, 3.05) is 0 Å². The van der Waals surface area contributed by atoms with E-state index in [0.29, 0.717) is 0 Å². The molecule has 23 valence electrons. The predicted molar refractivity (Wildman–Crippen MR) is 5.01 cm³/mol. The van der Waals surface area contributed by atoms with Gasteiger partial charge in [0.25, 0.3) is 0 Å². The molecule has 0 aliphatic rings. The molecule has 0 nitrogen and oxygen atoms in total. The zero-order valence-corrected chi connectivity index (χ0v) is 8.73. The normalized spacial score (nSPS) is 0. The molecule has 0 rings (SSSR count). The van der Waals surface area contributed by atoms with Gasteiger partial charge in [0, 0.05) is 76.4 Å². The van der Waals surface area contributed by atoms with E-state index in [4.69, 9.17) is 0 Å². The van der Waals surface area contributed by atoms with Crippen molar-refractivity contribution in [3.8, 4) is 0 Å². The van der Waals surface area contributed by atoms with Gasteiger partial charge in [-0.1, -0.05) is 0 Å². The van der Waals surface area contributed by atoms with E-state index in [9.17, 15) is 0 Å². The van der Waals surface area contributed by atoms with Crippen molar-refractivity contribution < 1.29 is 85.8 Å². The fraction of sp³-hybridized carbons (Fsp3) is 0. The van der Waals surface area contributed by atoms with Crippen LogP contribution in [0, 0.1) is 76.4 Å². The van der Waals surface area contributed by atoms with Crippen molar-refractivity contribution in [3.63, 3.8) is 0 Å². The third-order valence-electron chi connectivity index (χ3n) is 0. The maximum atomic E-state index is 0. The molecule has 0 N–H and O–H groups in total. The average Bonchev–Trinajstić information content (AvgIpc) is 0. The van der Waals surface area contributed by atoms with E-state index >= 15 is 0 Å². The fourth-order valence-electron chi connectivity index (χ4n) is 0. The summed E-state index contributed by atoms with van der Waals surface area (Å²) in [6.07, 6.45) is 0. The van der Waals surface area contributed by atoms with Gasteiger partial charge >= 0.3 is 0 Å². The Morgan fingerprint density at radius 2 is 0.750 bits per heavy atom. The maximum Gasteiger partial charge on any atom is 0 e. The van der Waals surface area contributed by atoms with Crippen molar-refractivity contribution in [2.45, 2.75) is 0 Å². The predicted octanol–water partition coefficient (Wildman–Crippen LogP) is 0.305. The van der Waals surface area contributed by atoms with Crippen molar-refractivity contribution >= 4 is 0 Å². The van der Waals surface area contributed by atoms with Crippen LogP contribution in [0.15, 0.2) is 0 Å². The van der Waals surface area contributed by atoms with Crippen molar-refractivity contribution in [3.05, 3.63) is 0 Å². The largest absolute Gasteiger partial charge is 0.269 e. The Morgan fingerprint density at radius 1 is 0.750 bits per heavy atom. The second-order valence-corrected chi connectivity index (χ2v) is 0. The third kappa shape index (κ3) is 8.83. The van der Waals surface area contributed by atoms with E-state index in [1.54, 1.807) is 0 Å². The van der Waals surface area contributed by atoms with Crippen LogP contribution in [0.3, 0.4) is 0 Å². The van der Waals surface area contributed by atoms with E-state index in [0.717, 1.165) is 0 Å². The molecular weight excluding hydrogens is 321 g/mol. The van der Waals surface area contributed by atoms with E-state index in [-0.39, 0.29) is 85.8 Å². The molecule has 0 amide bonds. The van der Waals surface area contributed by atoms with Crippen LogP contribution in [-0.4, -0.2) is 0 Å². The van der Waals surface area contributed by atoms with Gasteiger partial charge in [0.05, 0.1) is 0 Å². The van der Waals surface area contributed by atoms with Gasteiger partial charge in [-0.2, -0.15) is 0 Å². The van der Waals surface area contributed by atoms with Crippen LogP contribution in [0.5, 0.6) is 0 Å². The van der Waals surface area contributed by atoms with E-state index < -0.39 is 0 Å². The molecule has 0 fully saturated rings. The summed E-state index contributed by atoms with van der Waals surface area (Å²) >= 11 is 0. The van der Waals surface area contributed by atoms with Gasteiger partial charge in [-0.05, 0) is 0 Å². The van der Waals surface area contributed by atoms with Crippen LogP contribution >= 0.6 is 0 Å². The van der Waals surface area contributed by atoms with E-state index in [2.05, 4.69) is 0 Å². The number of rotatable bonds is 0. The summed E-state index contributed by atoms with van der Waals surface area (Å²) in [4.78, 5) is 0. The maximum absolute atomic E-state index is 0. The van der Waals surface area contributed by atoms with Gasteiger partial charge in [0.2, 0.25) is 0 Å². The fourth-order valence-corrected chi connectivity index (χ4v) is 0. The SMILES string of the molecule is F.F.[La].[Nd]. The Balaban J connectivity index is 0. The summed E-state index contributed by atoms with van der Waals surface area (Å²) in [5, 5.41) is 0. The summed E-state index contributed by atoms with van der Waals surface area (Å²) in [7, 11) is 0. The van der Waals surface area contributed by atoms with Crippen molar-refractivity contribution in [1.82, 2.24) is 0 Å². The quantitative estimate of drug-likeness (QED) is 0.602. The van der Waals surface area contributed by atoms with Crippen LogP contribution in [-0.2, 0) is 0 Å². The minimum atomic E-state index is 0. The second-order valence-electron chi connectivity index (χ2n) is 0. The Morgan fingerprint density at radius 3 is 0.750 bits per heavy atom. The minimum Gasteiger partial charge on any atom is -0.269 e. The minimum absolute atomic E-state index is 0. The molecule has 0 heterocycles. The molecule has 4 heavy (non-hydrogen) atoms. The van der Waals surface area contributed by atoms with Gasteiger partial charge in [0.15, 0.2) is 0 Å². The molecule has 0 aliphatic heterocycles. The molecule has 0 aromatic rings. The molecular formula is H2F2LaNd. The molecule has 0 saturated heterocycles. The number of hydrogen-bond acceptors (Lipinski definition) is 0. The topological polar surface area (TPSA) is 0 Å². The molecule has 1 radical (unpaired) electrons.